The zero-order valence-corrected chi connectivity index (χ0v) is 21.1. The lowest BCUT2D eigenvalue weighted by molar-refractivity contribution is -0.140. The number of benzene rings is 2. The average Bonchev–Trinajstić information content (AvgIpc) is 2.77. The summed E-state index contributed by atoms with van der Waals surface area (Å²) in [5.74, 6) is -0.725. The Morgan fingerprint density at radius 2 is 1.64 bits per heavy atom. The number of nitrogens with one attached hydrogen (secondary N) is 1. The van der Waals surface area contributed by atoms with Crippen molar-refractivity contribution in [3.05, 3.63) is 64.7 Å². The largest absolute Gasteiger partial charge is 0.354 e. The van der Waals surface area contributed by atoms with Gasteiger partial charge in [0, 0.05) is 18.1 Å². The smallest absolute Gasteiger partial charge is 0.244 e. The molecule has 2 rings (SSSR count). The van der Waals surface area contributed by atoms with Gasteiger partial charge in [-0.15, -0.1) is 0 Å². The van der Waals surface area contributed by atoms with Gasteiger partial charge in [-0.25, -0.2) is 8.42 Å². The van der Waals surface area contributed by atoms with Crippen LogP contribution in [0.25, 0.3) is 0 Å². The standard InChI is InChI=1S/C24H32ClN3O4S/c1-5-15-26-24(30)22(6-2)27(16-19-9-11-20(25)12-10-19)23(29)17-28(33(4,31)32)21-13-7-18(3)8-14-21/h7-14,22H,5-6,15-17H2,1-4H3,(H,26,30)/t22-/m1/s1. The zero-order chi connectivity index (χ0) is 24.6. The number of rotatable bonds is 11. The van der Waals surface area contributed by atoms with E-state index >= 15 is 0 Å². The Morgan fingerprint density at radius 3 is 2.15 bits per heavy atom. The maximum Gasteiger partial charge on any atom is 0.244 e. The molecule has 2 aromatic rings. The Kier molecular flexibility index (Phi) is 9.73. The van der Waals surface area contributed by atoms with E-state index in [0.717, 1.165) is 28.1 Å². The van der Waals surface area contributed by atoms with E-state index in [2.05, 4.69) is 5.32 Å². The first-order valence-corrected chi connectivity index (χ1v) is 13.2. The molecule has 0 fully saturated rings. The molecule has 9 heteroatoms. The molecular weight excluding hydrogens is 462 g/mol. The lowest BCUT2D eigenvalue weighted by Crippen LogP contribution is -2.52. The van der Waals surface area contributed by atoms with Gasteiger partial charge in [0.1, 0.15) is 12.6 Å². The highest BCUT2D eigenvalue weighted by molar-refractivity contribution is 7.92. The van der Waals surface area contributed by atoms with Crippen molar-refractivity contribution in [1.82, 2.24) is 10.2 Å². The summed E-state index contributed by atoms with van der Waals surface area (Å²) in [5, 5.41) is 3.41. The zero-order valence-electron chi connectivity index (χ0n) is 19.5. The van der Waals surface area contributed by atoms with Crippen molar-refractivity contribution in [3.8, 4) is 0 Å². The van der Waals surface area contributed by atoms with Gasteiger partial charge in [0.15, 0.2) is 0 Å². The van der Waals surface area contributed by atoms with Gasteiger partial charge in [0.2, 0.25) is 21.8 Å². The highest BCUT2D eigenvalue weighted by Gasteiger charge is 2.31. The monoisotopic (exact) mass is 493 g/mol. The van der Waals surface area contributed by atoms with Crippen molar-refractivity contribution in [2.75, 3.05) is 23.7 Å². The van der Waals surface area contributed by atoms with Crippen LogP contribution in [0, 0.1) is 6.92 Å². The number of sulfonamides is 1. The van der Waals surface area contributed by atoms with E-state index < -0.39 is 28.5 Å². The topological polar surface area (TPSA) is 86.8 Å². The summed E-state index contributed by atoms with van der Waals surface area (Å²) in [7, 11) is -3.74. The highest BCUT2D eigenvalue weighted by atomic mass is 35.5. The van der Waals surface area contributed by atoms with Crippen LogP contribution in [-0.4, -0.2) is 50.5 Å². The molecule has 2 aromatic carbocycles. The number of aryl methyl sites for hydroxylation is 1. The predicted molar refractivity (Wildman–Crippen MR) is 133 cm³/mol. The van der Waals surface area contributed by atoms with E-state index in [4.69, 9.17) is 11.6 Å². The van der Waals surface area contributed by atoms with E-state index in [1.807, 2.05) is 20.8 Å². The molecule has 0 saturated carbocycles. The van der Waals surface area contributed by atoms with Crippen molar-refractivity contribution in [1.29, 1.82) is 0 Å². The van der Waals surface area contributed by atoms with Crippen LogP contribution < -0.4 is 9.62 Å². The molecule has 180 valence electrons. The lowest BCUT2D eigenvalue weighted by atomic mass is 10.1. The van der Waals surface area contributed by atoms with Gasteiger partial charge < -0.3 is 10.2 Å². The molecule has 1 N–H and O–H groups in total. The third kappa shape index (κ3) is 7.75. The summed E-state index contributed by atoms with van der Waals surface area (Å²) < 4.78 is 26.2. The Bertz CT molecular complexity index is 1040. The van der Waals surface area contributed by atoms with Crippen LogP contribution in [0.1, 0.15) is 37.8 Å². The number of carbonyl (C=O) groups excluding carboxylic acids is 2. The van der Waals surface area contributed by atoms with Crippen LogP contribution in [0.4, 0.5) is 5.69 Å². The van der Waals surface area contributed by atoms with E-state index in [0.29, 0.717) is 23.7 Å². The van der Waals surface area contributed by atoms with Gasteiger partial charge in [-0.2, -0.15) is 0 Å². The second-order valence-corrected chi connectivity index (χ2v) is 10.3. The highest BCUT2D eigenvalue weighted by Crippen LogP contribution is 2.20. The fourth-order valence-corrected chi connectivity index (χ4v) is 4.37. The molecule has 33 heavy (non-hydrogen) atoms. The van der Waals surface area contributed by atoms with Crippen LogP contribution in [-0.2, 0) is 26.2 Å². The minimum atomic E-state index is -3.74. The van der Waals surface area contributed by atoms with Crippen molar-refractivity contribution in [2.24, 2.45) is 0 Å². The Morgan fingerprint density at radius 1 is 1.03 bits per heavy atom. The molecule has 0 aromatic heterocycles. The second kappa shape index (κ2) is 12.0. The molecule has 2 amide bonds. The minimum Gasteiger partial charge on any atom is -0.354 e. The first kappa shape index (κ1) is 26.7. The molecule has 7 nitrogen and oxygen atoms in total. The number of halogens is 1. The Labute approximate surface area is 201 Å². The number of carbonyl (C=O) groups is 2. The molecular formula is C24H32ClN3O4S. The number of nitrogens with zero attached hydrogens (tertiary/aromatic N) is 2. The van der Waals surface area contributed by atoms with E-state index in [9.17, 15) is 18.0 Å². The van der Waals surface area contributed by atoms with Crippen LogP contribution in [0.15, 0.2) is 48.5 Å². The van der Waals surface area contributed by atoms with Crippen LogP contribution in [0.2, 0.25) is 5.02 Å². The van der Waals surface area contributed by atoms with Gasteiger partial charge >= 0.3 is 0 Å². The molecule has 0 radical (unpaired) electrons. The lowest BCUT2D eigenvalue weighted by Gasteiger charge is -2.33. The van der Waals surface area contributed by atoms with Crippen LogP contribution >= 0.6 is 11.6 Å². The number of hydrogen-bond donors (Lipinski definition) is 1. The summed E-state index contributed by atoms with van der Waals surface area (Å²) >= 11 is 5.99. The fraction of sp³-hybridized carbons (Fsp3) is 0.417. The molecule has 0 unspecified atom stereocenters. The number of hydrogen-bond acceptors (Lipinski definition) is 4. The second-order valence-electron chi connectivity index (χ2n) is 7.97. The number of anilines is 1. The summed E-state index contributed by atoms with van der Waals surface area (Å²) in [6, 6.07) is 13.2. The first-order valence-electron chi connectivity index (χ1n) is 10.9. The van der Waals surface area contributed by atoms with Gasteiger partial charge in [0.25, 0.3) is 0 Å². The van der Waals surface area contributed by atoms with Crippen molar-refractivity contribution in [2.45, 2.75) is 46.2 Å². The quantitative estimate of drug-likeness (QED) is 0.516. The molecule has 0 bridgehead atoms. The summed E-state index contributed by atoms with van der Waals surface area (Å²) in [6.07, 6.45) is 2.22. The molecule has 0 spiro atoms. The molecule has 0 aliphatic carbocycles. The minimum absolute atomic E-state index is 0.152. The Balaban J connectivity index is 2.39. The molecule has 0 saturated heterocycles. The fourth-order valence-electron chi connectivity index (χ4n) is 3.40. The van der Waals surface area contributed by atoms with Gasteiger partial charge in [-0.1, -0.05) is 55.3 Å². The van der Waals surface area contributed by atoms with Gasteiger partial charge in [-0.3, -0.25) is 13.9 Å². The first-order chi connectivity index (χ1) is 15.6. The predicted octanol–water partition coefficient (Wildman–Crippen LogP) is 3.75. The van der Waals surface area contributed by atoms with E-state index in [1.54, 1.807) is 48.5 Å². The summed E-state index contributed by atoms with van der Waals surface area (Å²) in [5.41, 5.74) is 2.16. The summed E-state index contributed by atoms with van der Waals surface area (Å²) in [6.45, 7) is 5.91. The van der Waals surface area contributed by atoms with Crippen LogP contribution in [0.3, 0.4) is 0 Å². The third-order valence-corrected chi connectivity index (χ3v) is 6.60. The van der Waals surface area contributed by atoms with Gasteiger partial charge in [-0.05, 0) is 49.6 Å². The summed E-state index contributed by atoms with van der Waals surface area (Å²) in [4.78, 5) is 27.8. The van der Waals surface area contributed by atoms with Gasteiger partial charge in [0.05, 0.1) is 11.9 Å². The van der Waals surface area contributed by atoms with E-state index in [1.165, 1.54) is 4.90 Å². The molecule has 1 atom stereocenters. The SMILES string of the molecule is CCCNC(=O)[C@@H](CC)N(Cc1ccc(Cl)cc1)C(=O)CN(c1ccc(C)cc1)S(C)(=O)=O. The molecule has 0 aliphatic heterocycles. The van der Waals surface area contributed by atoms with Crippen molar-refractivity contribution >= 4 is 39.1 Å². The Hall–Kier alpha value is -2.58. The number of amides is 2. The maximum absolute atomic E-state index is 13.5. The van der Waals surface area contributed by atoms with Crippen molar-refractivity contribution in [3.63, 3.8) is 0 Å². The third-order valence-electron chi connectivity index (χ3n) is 5.20. The van der Waals surface area contributed by atoms with E-state index in [-0.39, 0.29) is 12.5 Å². The van der Waals surface area contributed by atoms with Crippen LogP contribution in [0.5, 0.6) is 0 Å². The average molecular weight is 494 g/mol. The maximum atomic E-state index is 13.5. The molecule has 0 aliphatic rings. The normalized spacial score (nSPS) is 12.2. The van der Waals surface area contributed by atoms with Crippen molar-refractivity contribution < 1.29 is 18.0 Å². The molecule has 0 heterocycles.